The zero-order valence-electron chi connectivity index (χ0n) is 14.1. The van der Waals surface area contributed by atoms with Gasteiger partial charge in [-0.1, -0.05) is 18.2 Å². The van der Waals surface area contributed by atoms with Gasteiger partial charge >= 0.3 is 0 Å². The Labute approximate surface area is 165 Å². The molecule has 0 aliphatic heterocycles. The molecule has 1 aromatic carbocycles. The average molecular weight is 449 g/mol. The lowest BCUT2D eigenvalue weighted by Crippen LogP contribution is -2.29. The van der Waals surface area contributed by atoms with Crippen LogP contribution in [0.25, 0.3) is 0 Å². The van der Waals surface area contributed by atoms with Gasteiger partial charge in [-0.25, -0.2) is 18.1 Å². The number of aromatic nitrogens is 3. The molecule has 27 heavy (non-hydrogen) atoms. The molecule has 140 valence electrons. The molecule has 0 atom stereocenters. The highest BCUT2D eigenvalue weighted by atomic mass is 79.9. The number of nitrogens with zero attached hydrogens (tertiary/aromatic N) is 3. The zero-order valence-corrected chi connectivity index (χ0v) is 16.5. The Balaban J connectivity index is 1.49. The molecule has 0 bridgehead atoms. The number of rotatable bonds is 8. The lowest BCUT2D eigenvalue weighted by atomic mass is 10.4. The summed E-state index contributed by atoms with van der Waals surface area (Å²) in [5.41, 5.74) is 0. The Morgan fingerprint density at radius 1 is 0.852 bits per heavy atom. The lowest BCUT2D eigenvalue weighted by molar-refractivity contribution is 0.582. The number of pyridine rings is 1. The van der Waals surface area contributed by atoms with Crippen LogP contribution in [0.5, 0.6) is 0 Å². The summed E-state index contributed by atoms with van der Waals surface area (Å²) in [5, 5.41) is 14.1. The summed E-state index contributed by atoms with van der Waals surface area (Å²) < 4.78 is 27.6. The summed E-state index contributed by atoms with van der Waals surface area (Å²) in [6.07, 6.45) is 1.68. The number of hydrogen-bond donors (Lipinski definition) is 3. The molecular weight excluding hydrogens is 432 g/mol. The zero-order chi connectivity index (χ0) is 19.1. The fourth-order valence-corrected chi connectivity index (χ4v) is 4.21. The molecule has 0 aliphatic rings. The average Bonchev–Trinajstić information content (AvgIpc) is 2.67. The van der Waals surface area contributed by atoms with Gasteiger partial charge in [-0.05, 0) is 52.3 Å². The second kappa shape index (κ2) is 8.89. The van der Waals surface area contributed by atoms with E-state index in [9.17, 15) is 8.42 Å². The number of nitrogens with one attached hydrogen (secondary N) is 3. The standard InChI is InChI=1S/C17H17BrN6O2S/c18-13-5-1-2-6-14(13)27(25,26)21-12-11-20-16-8-9-17(24-23-16)22-15-7-3-4-10-19-15/h1-10,21H,11-12H2,(H,20,23)(H,19,22,24). The monoisotopic (exact) mass is 448 g/mol. The van der Waals surface area contributed by atoms with E-state index in [1.807, 2.05) is 18.2 Å². The van der Waals surface area contributed by atoms with Crippen LogP contribution in [0.2, 0.25) is 0 Å². The molecule has 0 radical (unpaired) electrons. The molecule has 0 spiro atoms. The minimum absolute atomic E-state index is 0.203. The van der Waals surface area contributed by atoms with Crippen LogP contribution in [-0.2, 0) is 10.0 Å². The molecule has 8 nitrogen and oxygen atoms in total. The lowest BCUT2D eigenvalue weighted by Gasteiger charge is -2.09. The predicted molar refractivity (Wildman–Crippen MR) is 107 cm³/mol. The van der Waals surface area contributed by atoms with Crippen molar-refractivity contribution in [3.8, 4) is 0 Å². The van der Waals surface area contributed by atoms with Gasteiger partial charge in [-0.3, -0.25) is 0 Å². The predicted octanol–water partition coefficient (Wildman–Crippen LogP) is 2.77. The van der Waals surface area contributed by atoms with Gasteiger partial charge in [-0.2, -0.15) is 0 Å². The summed E-state index contributed by atoms with van der Waals surface area (Å²) >= 11 is 3.24. The number of benzene rings is 1. The van der Waals surface area contributed by atoms with Gasteiger partial charge in [0, 0.05) is 23.8 Å². The molecule has 0 saturated heterocycles. The van der Waals surface area contributed by atoms with Crippen LogP contribution < -0.4 is 15.4 Å². The molecular formula is C17H17BrN6O2S. The third-order valence-electron chi connectivity index (χ3n) is 3.43. The van der Waals surface area contributed by atoms with Gasteiger partial charge in [0.1, 0.15) is 11.6 Å². The Kier molecular flexibility index (Phi) is 6.32. The smallest absolute Gasteiger partial charge is 0.241 e. The van der Waals surface area contributed by atoms with E-state index in [1.165, 1.54) is 0 Å². The first-order valence-corrected chi connectivity index (χ1v) is 10.3. The van der Waals surface area contributed by atoms with E-state index in [2.05, 4.69) is 46.5 Å². The largest absolute Gasteiger partial charge is 0.367 e. The summed E-state index contributed by atoms with van der Waals surface area (Å²) in [5.74, 6) is 1.78. The third kappa shape index (κ3) is 5.46. The van der Waals surface area contributed by atoms with E-state index in [1.54, 1.807) is 42.6 Å². The molecule has 0 saturated carbocycles. The molecule has 10 heteroatoms. The fraction of sp³-hybridized carbons (Fsp3) is 0.118. The summed E-state index contributed by atoms with van der Waals surface area (Å²) in [6.45, 7) is 0.574. The van der Waals surface area contributed by atoms with E-state index >= 15 is 0 Å². The minimum atomic E-state index is -3.58. The first kappa shape index (κ1) is 19.2. The van der Waals surface area contributed by atoms with Gasteiger partial charge in [0.2, 0.25) is 10.0 Å². The molecule has 3 rings (SSSR count). The highest BCUT2D eigenvalue weighted by Gasteiger charge is 2.16. The number of sulfonamides is 1. The van der Waals surface area contributed by atoms with Crippen LogP contribution in [0.4, 0.5) is 17.5 Å². The Bertz CT molecular complexity index is 984. The van der Waals surface area contributed by atoms with E-state index in [0.717, 1.165) is 0 Å². The van der Waals surface area contributed by atoms with Crippen molar-refractivity contribution in [2.75, 3.05) is 23.7 Å². The summed E-state index contributed by atoms with van der Waals surface area (Å²) in [6, 6.07) is 15.7. The van der Waals surface area contributed by atoms with Crippen molar-refractivity contribution in [3.05, 3.63) is 65.3 Å². The topological polar surface area (TPSA) is 109 Å². The van der Waals surface area contributed by atoms with Crippen LogP contribution in [0, 0.1) is 0 Å². The van der Waals surface area contributed by atoms with Crippen molar-refractivity contribution < 1.29 is 8.42 Å². The normalized spacial score (nSPS) is 11.1. The van der Waals surface area contributed by atoms with Crippen LogP contribution >= 0.6 is 15.9 Å². The Hall–Kier alpha value is -2.56. The van der Waals surface area contributed by atoms with E-state index in [4.69, 9.17) is 0 Å². The molecule has 0 amide bonds. The quantitative estimate of drug-likeness (QED) is 0.454. The van der Waals surface area contributed by atoms with Gasteiger partial charge in [0.05, 0.1) is 4.90 Å². The molecule has 0 aliphatic carbocycles. The summed E-state index contributed by atoms with van der Waals surface area (Å²) in [4.78, 5) is 4.35. The first-order chi connectivity index (χ1) is 13.0. The maximum absolute atomic E-state index is 12.3. The Morgan fingerprint density at radius 3 is 2.30 bits per heavy atom. The van der Waals surface area contributed by atoms with Crippen molar-refractivity contribution >= 4 is 43.4 Å². The van der Waals surface area contributed by atoms with Gasteiger partial charge in [0.25, 0.3) is 0 Å². The number of anilines is 3. The van der Waals surface area contributed by atoms with Gasteiger partial charge < -0.3 is 10.6 Å². The second-order valence-electron chi connectivity index (χ2n) is 5.40. The number of halogens is 1. The highest BCUT2D eigenvalue weighted by molar-refractivity contribution is 9.10. The Morgan fingerprint density at radius 2 is 1.59 bits per heavy atom. The summed E-state index contributed by atoms with van der Waals surface area (Å²) in [7, 11) is -3.58. The van der Waals surface area contributed by atoms with E-state index in [0.29, 0.717) is 28.5 Å². The van der Waals surface area contributed by atoms with Crippen LogP contribution in [-0.4, -0.2) is 36.7 Å². The van der Waals surface area contributed by atoms with Crippen molar-refractivity contribution in [1.29, 1.82) is 0 Å². The molecule has 2 heterocycles. The molecule has 0 fully saturated rings. The van der Waals surface area contributed by atoms with Gasteiger partial charge in [-0.15, -0.1) is 10.2 Å². The van der Waals surface area contributed by atoms with Crippen molar-refractivity contribution in [3.63, 3.8) is 0 Å². The van der Waals surface area contributed by atoms with E-state index in [-0.39, 0.29) is 11.4 Å². The number of hydrogen-bond acceptors (Lipinski definition) is 7. The maximum atomic E-state index is 12.3. The van der Waals surface area contributed by atoms with Gasteiger partial charge in [0.15, 0.2) is 5.82 Å². The first-order valence-electron chi connectivity index (χ1n) is 8.04. The second-order valence-corrected chi connectivity index (χ2v) is 7.99. The molecule has 3 N–H and O–H groups in total. The van der Waals surface area contributed by atoms with Crippen molar-refractivity contribution in [2.24, 2.45) is 0 Å². The van der Waals surface area contributed by atoms with Crippen LogP contribution in [0.1, 0.15) is 0 Å². The van der Waals surface area contributed by atoms with E-state index < -0.39 is 10.0 Å². The van der Waals surface area contributed by atoms with Crippen LogP contribution in [0.3, 0.4) is 0 Å². The fourth-order valence-electron chi connectivity index (χ4n) is 2.18. The molecule has 3 aromatic rings. The van der Waals surface area contributed by atoms with Crippen molar-refractivity contribution in [1.82, 2.24) is 19.9 Å². The third-order valence-corrected chi connectivity index (χ3v) is 5.91. The minimum Gasteiger partial charge on any atom is -0.367 e. The molecule has 0 unspecified atom stereocenters. The highest BCUT2D eigenvalue weighted by Crippen LogP contribution is 2.20. The maximum Gasteiger partial charge on any atom is 0.241 e. The molecule has 2 aromatic heterocycles. The van der Waals surface area contributed by atoms with Crippen molar-refractivity contribution in [2.45, 2.75) is 4.90 Å². The van der Waals surface area contributed by atoms with Crippen LogP contribution in [0.15, 0.2) is 70.2 Å². The SMILES string of the molecule is O=S(=O)(NCCNc1ccc(Nc2ccccn2)nn1)c1ccccc1Br.